The van der Waals surface area contributed by atoms with E-state index in [9.17, 15) is 0 Å². The lowest BCUT2D eigenvalue weighted by Gasteiger charge is -2.04. The summed E-state index contributed by atoms with van der Waals surface area (Å²) in [6.07, 6.45) is 0. The Morgan fingerprint density at radius 1 is 1.10 bits per heavy atom. The zero-order chi connectivity index (χ0) is 14.1. The fraction of sp³-hybridized carbons (Fsp3) is 0.188. The Bertz CT molecular complexity index is 744. The largest absolute Gasteiger partial charge is 0.497 e. The number of ether oxygens (including phenoxy) is 1. The molecule has 2 aromatic carbocycles. The summed E-state index contributed by atoms with van der Waals surface area (Å²) in [5.41, 5.74) is 4.26. The van der Waals surface area contributed by atoms with Crippen molar-refractivity contribution in [2.75, 3.05) is 19.5 Å². The topological polar surface area (TPSA) is 39.1 Å². The maximum absolute atomic E-state index is 5.19. The van der Waals surface area contributed by atoms with E-state index >= 15 is 0 Å². The Hall–Kier alpha value is -2.49. The van der Waals surface area contributed by atoms with Crippen LogP contribution in [0.4, 0.5) is 5.69 Å². The van der Waals surface area contributed by atoms with Crippen molar-refractivity contribution in [3.05, 3.63) is 42.5 Å². The average Bonchev–Trinajstić information content (AvgIpc) is 2.84. The molecule has 0 saturated carbocycles. The number of anilines is 1. The molecule has 102 valence electrons. The zero-order valence-corrected chi connectivity index (χ0v) is 11.8. The van der Waals surface area contributed by atoms with E-state index in [-0.39, 0.29) is 0 Å². The Labute approximate surface area is 118 Å². The second kappa shape index (κ2) is 4.89. The molecule has 0 amide bonds. The van der Waals surface area contributed by atoms with Gasteiger partial charge in [-0.1, -0.05) is 0 Å². The van der Waals surface area contributed by atoms with Gasteiger partial charge < -0.3 is 14.6 Å². The number of rotatable bonds is 3. The summed E-state index contributed by atoms with van der Waals surface area (Å²) in [4.78, 5) is 4.73. The Morgan fingerprint density at radius 2 is 1.85 bits per heavy atom. The van der Waals surface area contributed by atoms with Gasteiger partial charge in [0, 0.05) is 25.3 Å². The van der Waals surface area contributed by atoms with Crippen molar-refractivity contribution in [2.45, 2.75) is 0 Å². The smallest absolute Gasteiger partial charge is 0.140 e. The molecule has 0 fully saturated rings. The molecule has 0 saturated heterocycles. The predicted octanol–water partition coefficient (Wildman–Crippen LogP) is 3.29. The number of nitrogens with one attached hydrogen (secondary N) is 1. The molecule has 0 radical (unpaired) electrons. The molecule has 20 heavy (non-hydrogen) atoms. The molecule has 4 heteroatoms. The Balaban J connectivity index is 2.12. The molecular formula is C16H17N3O. The first-order valence-corrected chi connectivity index (χ1v) is 6.51. The van der Waals surface area contributed by atoms with Gasteiger partial charge in [0.25, 0.3) is 0 Å². The van der Waals surface area contributed by atoms with E-state index in [0.29, 0.717) is 0 Å². The van der Waals surface area contributed by atoms with Gasteiger partial charge in [0.05, 0.1) is 18.1 Å². The van der Waals surface area contributed by atoms with E-state index in [1.165, 1.54) is 0 Å². The van der Waals surface area contributed by atoms with Gasteiger partial charge in [-0.2, -0.15) is 0 Å². The molecule has 0 aliphatic rings. The van der Waals surface area contributed by atoms with Crippen molar-refractivity contribution < 1.29 is 4.74 Å². The van der Waals surface area contributed by atoms with Crippen LogP contribution in [0.2, 0.25) is 0 Å². The van der Waals surface area contributed by atoms with Crippen LogP contribution in [0.1, 0.15) is 0 Å². The van der Waals surface area contributed by atoms with Crippen LogP contribution in [-0.2, 0) is 7.05 Å². The Kier molecular flexibility index (Phi) is 3.06. The number of nitrogens with zero attached hydrogens (tertiary/aromatic N) is 2. The minimum absolute atomic E-state index is 0.852. The molecule has 1 N–H and O–H groups in total. The molecule has 0 aliphatic carbocycles. The van der Waals surface area contributed by atoms with Gasteiger partial charge in [-0.15, -0.1) is 0 Å². The van der Waals surface area contributed by atoms with Crippen molar-refractivity contribution >= 4 is 16.7 Å². The number of methoxy groups -OCH3 is 1. The second-order valence-electron chi connectivity index (χ2n) is 4.68. The first kappa shape index (κ1) is 12.5. The van der Waals surface area contributed by atoms with Gasteiger partial charge in [-0.25, -0.2) is 4.98 Å². The van der Waals surface area contributed by atoms with E-state index < -0.39 is 0 Å². The van der Waals surface area contributed by atoms with Gasteiger partial charge in [-0.05, 0) is 42.5 Å². The van der Waals surface area contributed by atoms with Crippen molar-refractivity contribution in [1.29, 1.82) is 0 Å². The number of hydrogen-bond acceptors (Lipinski definition) is 3. The highest BCUT2D eigenvalue weighted by Gasteiger charge is 2.10. The Morgan fingerprint density at radius 3 is 2.50 bits per heavy atom. The third kappa shape index (κ3) is 1.99. The summed E-state index contributed by atoms with van der Waals surface area (Å²) in [6, 6.07) is 14.2. The minimum atomic E-state index is 0.852. The highest BCUT2D eigenvalue weighted by molar-refractivity contribution is 5.83. The van der Waals surface area contributed by atoms with Crippen LogP contribution in [0.5, 0.6) is 5.75 Å². The fourth-order valence-electron chi connectivity index (χ4n) is 2.35. The lowest BCUT2D eigenvalue weighted by molar-refractivity contribution is 0.415. The third-order valence-electron chi connectivity index (χ3n) is 3.52. The summed E-state index contributed by atoms with van der Waals surface area (Å²) in [7, 11) is 5.62. The molecule has 0 bridgehead atoms. The number of benzene rings is 2. The summed E-state index contributed by atoms with van der Waals surface area (Å²) < 4.78 is 7.30. The highest BCUT2D eigenvalue weighted by atomic mass is 16.5. The first-order chi connectivity index (χ1) is 9.72. The predicted molar refractivity (Wildman–Crippen MR) is 82.2 cm³/mol. The average molecular weight is 267 g/mol. The zero-order valence-electron chi connectivity index (χ0n) is 11.8. The number of imidazole rings is 1. The maximum atomic E-state index is 5.19. The first-order valence-electron chi connectivity index (χ1n) is 6.51. The van der Waals surface area contributed by atoms with Crippen LogP contribution in [0.25, 0.3) is 22.4 Å². The SMILES string of the molecule is CNc1ccc2c(c1)nc(-c1ccc(OC)cc1)n2C. The molecule has 3 aromatic rings. The molecule has 1 heterocycles. The van der Waals surface area contributed by atoms with Gasteiger partial charge in [0.2, 0.25) is 0 Å². The van der Waals surface area contributed by atoms with Crippen LogP contribution in [-0.4, -0.2) is 23.7 Å². The lowest BCUT2D eigenvalue weighted by Crippen LogP contribution is -1.92. The van der Waals surface area contributed by atoms with E-state index in [1.54, 1.807) is 7.11 Å². The molecule has 4 nitrogen and oxygen atoms in total. The van der Waals surface area contributed by atoms with E-state index in [1.807, 2.05) is 38.4 Å². The summed E-state index contributed by atoms with van der Waals surface area (Å²) in [5.74, 6) is 1.81. The van der Waals surface area contributed by atoms with Crippen molar-refractivity contribution in [2.24, 2.45) is 7.05 Å². The van der Waals surface area contributed by atoms with Gasteiger partial charge in [-0.3, -0.25) is 0 Å². The van der Waals surface area contributed by atoms with E-state index in [4.69, 9.17) is 9.72 Å². The van der Waals surface area contributed by atoms with E-state index in [2.05, 4.69) is 28.1 Å². The summed E-state index contributed by atoms with van der Waals surface area (Å²) >= 11 is 0. The highest BCUT2D eigenvalue weighted by Crippen LogP contribution is 2.26. The standard InChI is InChI=1S/C16H17N3O/c1-17-12-6-9-15-14(10-12)18-16(19(15)2)11-4-7-13(20-3)8-5-11/h4-10,17H,1-3H3. The van der Waals surface area contributed by atoms with Crippen molar-refractivity contribution in [3.63, 3.8) is 0 Å². The van der Waals surface area contributed by atoms with Crippen molar-refractivity contribution in [1.82, 2.24) is 9.55 Å². The molecule has 0 spiro atoms. The normalized spacial score (nSPS) is 10.8. The van der Waals surface area contributed by atoms with Crippen LogP contribution in [0.15, 0.2) is 42.5 Å². The van der Waals surface area contributed by atoms with Gasteiger partial charge in [0.1, 0.15) is 11.6 Å². The van der Waals surface area contributed by atoms with Crippen LogP contribution in [0, 0.1) is 0 Å². The van der Waals surface area contributed by atoms with Gasteiger partial charge in [0.15, 0.2) is 0 Å². The van der Waals surface area contributed by atoms with Crippen molar-refractivity contribution in [3.8, 4) is 17.1 Å². The molecule has 3 rings (SSSR count). The third-order valence-corrected chi connectivity index (χ3v) is 3.52. The monoisotopic (exact) mass is 267 g/mol. The minimum Gasteiger partial charge on any atom is -0.497 e. The summed E-state index contributed by atoms with van der Waals surface area (Å²) in [5, 5.41) is 3.14. The maximum Gasteiger partial charge on any atom is 0.140 e. The summed E-state index contributed by atoms with van der Waals surface area (Å²) in [6.45, 7) is 0. The fourth-order valence-corrected chi connectivity index (χ4v) is 2.35. The van der Waals surface area contributed by atoms with E-state index in [0.717, 1.165) is 33.9 Å². The quantitative estimate of drug-likeness (QED) is 0.791. The molecule has 1 aromatic heterocycles. The van der Waals surface area contributed by atoms with Crippen LogP contribution in [0.3, 0.4) is 0 Å². The molecule has 0 atom stereocenters. The molecule has 0 aliphatic heterocycles. The number of fused-ring (bicyclic) bond motifs is 1. The number of aryl methyl sites for hydroxylation is 1. The van der Waals surface area contributed by atoms with Gasteiger partial charge >= 0.3 is 0 Å². The van der Waals surface area contributed by atoms with Crippen LogP contribution >= 0.6 is 0 Å². The molecular weight excluding hydrogens is 250 g/mol. The lowest BCUT2D eigenvalue weighted by atomic mass is 10.2. The van der Waals surface area contributed by atoms with Crippen LogP contribution < -0.4 is 10.1 Å². The number of hydrogen-bond donors (Lipinski definition) is 1. The molecule has 0 unspecified atom stereocenters. The second-order valence-corrected chi connectivity index (χ2v) is 4.68. The number of aromatic nitrogens is 2.